The first-order valence-corrected chi connectivity index (χ1v) is 8.48. The van der Waals surface area contributed by atoms with Gasteiger partial charge in [-0.15, -0.1) is 0 Å². The Morgan fingerprint density at radius 3 is 2.42 bits per heavy atom. The summed E-state index contributed by atoms with van der Waals surface area (Å²) < 4.78 is 0. The van der Waals surface area contributed by atoms with Gasteiger partial charge in [-0.25, -0.2) is 0 Å². The van der Waals surface area contributed by atoms with E-state index >= 15 is 0 Å². The van der Waals surface area contributed by atoms with Crippen molar-refractivity contribution >= 4 is 11.6 Å². The third kappa shape index (κ3) is 4.22. The molecule has 0 bridgehead atoms. The van der Waals surface area contributed by atoms with Gasteiger partial charge in [0.2, 0.25) is 0 Å². The van der Waals surface area contributed by atoms with Crippen molar-refractivity contribution in [1.29, 1.82) is 0 Å². The largest absolute Gasteiger partial charge is 0.322 e. The van der Waals surface area contributed by atoms with E-state index in [0.29, 0.717) is 5.56 Å². The molecular formula is C20H25N3O. The Hall–Kier alpha value is -2.17. The normalized spacial score (nSPS) is 16.1. The fourth-order valence-corrected chi connectivity index (χ4v) is 2.99. The molecule has 1 aliphatic rings. The zero-order valence-electron chi connectivity index (χ0n) is 14.5. The van der Waals surface area contributed by atoms with Crippen LogP contribution in [0, 0.1) is 6.92 Å². The molecular weight excluding hydrogens is 298 g/mol. The molecule has 0 saturated carbocycles. The van der Waals surface area contributed by atoms with Crippen molar-refractivity contribution in [2.45, 2.75) is 13.5 Å². The minimum atomic E-state index is -0.0678. The summed E-state index contributed by atoms with van der Waals surface area (Å²) in [5.74, 6) is -0.0678. The number of benzene rings is 2. The zero-order chi connectivity index (χ0) is 16.9. The highest BCUT2D eigenvalue weighted by Crippen LogP contribution is 2.18. The van der Waals surface area contributed by atoms with Crippen molar-refractivity contribution in [3.63, 3.8) is 0 Å². The fourth-order valence-electron chi connectivity index (χ4n) is 2.99. The smallest absolute Gasteiger partial charge is 0.255 e. The van der Waals surface area contributed by atoms with Crippen molar-refractivity contribution in [2.75, 3.05) is 38.5 Å². The Bertz CT molecular complexity index is 691. The molecule has 3 rings (SSSR count). The number of rotatable bonds is 4. The Morgan fingerprint density at radius 2 is 1.75 bits per heavy atom. The van der Waals surface area contributed by atoms with Crippen LogP contribution in [0.5, 0.6) is 0 Å². The second-order valence-electron chi connectivity index (χ2n) is 6.54. The Morgan fingerprint density at radius 1 is 1.04 bits per heavy atom. The molecule has 1 N–H and O–H groups in total. The number of likely N-dealkylation sites (N-methyl/N-ethyl adjacent to an activating group) is 1. The van der Waals surface area contributed by atoms with Gasteiger partial charge in [0.1, 0.15) is 0 Å². The summed E-state index contributed by atoms with van der Waals surface area (Å²) in [6.07, 6.45) is 0. The molecule has 0 aromatic heterocycles. The Labute approximate surface area is 144 Å². The van der Waals surface area contributed by atoms with Gasteiger partial charge < -0.3 is 10.2 Å². The van der Waals surface area contributed by atoms with Gasteiger partial charge in [-0.1, -0.05) is 24.3 Å². The van der Waals surface area contributed by atoms with Crippen LogP contribution in [0.2, 0.25) is 0 Å². The maximum Gasteiger partial charge on any atom is 0.255 e. The standard InChI is InChI=1S/C20H25N3O/c1-16-14-19(21-20(24)17-6-4-3-5-7-17)9-8-18(16)15-23-12-10-22(2)11-13-23/h3-9,14H,10-13,15H2,1-2H3,(H,21,24). The summed E-state index contributed by atoms with van der Waals surface area (Å²) in [5, 5.41) is 2.98. The number of aryl methyl sites for hydroxylation is 1. The van der Waals surface area contributed by atoms with E-state index in [1.807, 2.05) is 36.4 Å². The first-order chi connectivity index (χ1) is 11.6. The van der Waals surface area contributed by atoms with Crippen LogP contribution in [0.1, 0.15) is 21.5 Å². The SMILES string of the molecule is Cc1cc(NC(=O)c2ccccc2)ccc1CN1CCN(C)CC1. The van der Waals surface area contributed by atoms with Crippen molar-refractivity contribution in [3.05, 3.63) is 65.2 Å². The molecule has 0 radical (unpaired) electrons. The van der Waals surface area contributed by atoms with Crippen molar-refractivity contribution in [2.24, 2.45) is 0 Å². The Kier molecular flexibility index (Phi) is 5.28. The molecule has 1 aliphatic heterocycles. The average molecular weight is 323 g/mol. The van der Waals surface area contributed by atoms with E-state index in [2.05, 4.69) is 41.2 Å². The number of carbonyl (C=O) groups excluding carboxylic acids is 1. The fraction of sp³-hybridized carbons (Fsp3) is 0.350. The first kappa shape index (κ1) is 16.7. The van der Waals surface area contributed by atoms with Crippen molar-refractivity contribution < 1.29 is 4.79 Å². The Balaban J connectivity index is 1.63. The second-order valence-corrected chi connectivity index (χ2v) is 6.54. The topological polar surface area (TPSA) is 35.6 Å². The number of nitrogens with zero attached hydrogens (tertiary/aromatic N) is 2. The van der Waals surface area contributed by atoms with Crippen molar-refractivity contribution in [1.82, 2.24) is 9.80 Å². The molecule has 0 unspecified atom stereocenters. The molecule has 24 heavy (non-hydrogen) atoms. The highest BCUT2D eigenvalue weighted by molar-refractivity contribution is 6.04. The van der Waals surface area contributed by atoms with E-state index < -0.39 is 0 Å². The molecule has 4 nitrogen and oxygen atoms in total. The van der Waals surface area contributed by atoms with E-state index in [4.69, 9.17) is 0 Å². The number of anilines is 1. The lowest BCUT2D eigenvalue weighted by Gasteiger charge is -2.32. The second kappa shape index (κ2) is 7.60. The summed E-state index contributed by atoms with van der Waals surface area (Å²) in [6.45, 7) is 7.58. The molecule has 0 aliphatic carbocycles. The van der Waals surface area contributed by atoms with E-state index in [1.54, 1.807) is 0 Å². The number of hydrogen-bond donors (Lipinski definition) is 1. The molecule has 2 aromatic rings. The van der Waals surface area contributed by atoms with Crippen molar-refractivity contribution in [3.8, 4) is 0 Å². The minimum Gasteiger partial charge on any atom is -0.322 e. The molecule has 2 aromatic carbocycles. The number of carbonyl (C=O) groups is 1. The van der Waals surface area contributed by atoms with Gasteiger partial charge in [-0.2, -0.15) is 0 Å². The molecule has 4 heteroatoms. The molecule has 126 valence electrons. The van der Waals surface area contributed by atoms with Gasteiger partial charge in [0.25, 0.3) is 5.91 Å². The lowest BCUT2D eigenvalue weighted by atomic mass is 10.1. The van der Waals surface area contributed by atoms with E-state index in [0.717, 1.165) is 38.4 Å². The molecule has 0 spiro atoms. The first-order valence-electron chi connectivity index (χ1n) is 8.48. The third-order valence-electron chi connectivity index (χ3n) is 4.63. The van der Waals surface area contributed by atoms with Gasteiger partial charge in [0.05, 0.1) is 0 Å². The molecule has 1 amide bonds. The van der Waals surface area contributed by atoms with Crippen LogP contribution >= 0.6 is 0 Å². The van der Waals surface area contributed by atoms with Gasteiger partial charge >= 0.3 is 0 Å². The van der Waals surface area contributed by atoms with Crippen LogP contribution in [0.25, 0.3) is 0 Å². The van der Waals surface area contributed by atoms with E-state index in [-0.39, 0.29) is 5.91 Å². The van der Waals surface area contributed by atoms with Crippen LogP contribution in [-0.4, -0.2) is 48.9 Å². The van der Waals surface area contributed by atoms with Crippen LogP contribution in [-0.2, 0) is 6.54 Å². The summed E-state index contributed by atoms with van der Waals surface area (Å²) in [6, 6.07) is 15.5. The quantitative estimate of drug-likeness (QED) is 0.939. The van der Waals surface area contributed by atoms with Crippen LogP contribution in [0.3, 0.4) is 0 Å². The number of amides is 1. The van der Waals surface area contributed by atoms with E-state index in [9.17, 15) is 4.79 Å². The number of piperazine rings is 1. The summed E-state index contributed by atoms with van der Waals surface area (Å²) in [7, 11) is 2.17. The molecule has 1 heterocycles. The third-order valence-corrected chi connectivity index (χ3v) is 4.63. The number of nitrogens with one attached hydrogen (secondary N) is 1. The predicted octanol–water partition coefficient (Wildman–Crippen LogP) is 2.99. The van der Waals surface area contributed by atoms with Gasteiger partial charge in [-0.05, 0) is 49.4 Å². The maximum atomic E-state index is 12.2. The minimum absolute atomic E-state index is 0.0678. The number of hydrogen-bond acceptors (Lipinski definition) is 3. The van der Waals surface area contributed by atoms with Crippen LogP contribution in [0.4, 0.5) is 5.69 Å². The highest BCUT2D eigenvalue weighted by Gasteiger charge is 2.15. The monoisotopic (exact) mass is 323 g/mol. The lowest BCUT2D eigenvalue weighted by molar-refractivity contribution is 0.102. The zero-order valence-corrected chi connectivity index (χ0v) is 14.5. The van der Waals surface area contributed by atoms with Crippen LogP contribution in [0.15, 0.2) is 48.5 Å². The molecule has 1 fully saturated rings. The van der Waals surface area contributed by atoms with Gasteiger partial charge in [0.15, 0.2) is 0 Å². The predicted molar refractivity (Wildman–Crippen MR) is 98.3 cm³/mol. The summed E-state index contributed by atoms with van der Waals surface area (Å²) >= 11 is 0. The van der Waals surface area contributed by atoms with E-state index in [1.165, 1.54) is 11.1 Å². The average Bonchev–Trinajstić information content (AvgIpc) is 2.60. The maximum absolute atomic E-state index is 12.2. The van der Waals surface area contributed by atoms with Crippen LogP contribution < -0.4 is 5.32 Å². The summed E-state index contributed by atoms with van der Waals surface area (Å²) in [4.78, 5) is 17.1. The highest BCUT2D eigenvalue weighted by atomic mass is 16.1. The van der Waals surface area contributed by atoms with Gasteiger partial charge in [0, 0.05) is 44.0 Å². The molecule has 0 atom stereocenters. The van der Waals surface area contributed by atoms with Gasteiger partial charge in [-0.3, -0.25) is 9.69 Å². The lowest BCUT2D eigenvalue weighted by Crippen LogP contribution is -2.43. The molecule has 1 saturated heterocycles. The summed E-state index contributed by atoms with van der Waals surface area (Å²) in [5.41, 5.74) is 4.08.